The lowest BCUT2D eigenvalue weighted by Crippen LogP contribution is -2.34. The highest BCUT2D eigenvalue weighted by atomic mass is 16.6. The Morgan fingerprint density at radius 2 is 1.89 bits per heavy atom. The first-order chi connectivity index (χ1) is 8.65. The van der Waals surface area contributed by atoms with E-state index in [1.807, 2.05) is 19.9 Å². The number of nitrogens with zero attached hydrogens (tertiary/aromatic N) is 1. The molecular formula is C14H24N2O3. The third-order valence-corrected chi connectivity index (χ3v) is 2.30. The predicted molar refractivity (Wildman–Crippen MR) is 72.0 cm³/mol. The van der Waals surface area contributed by atoms with Crippen LogP contribution in [0.1, 0.15) is 47.5 Å². The summed E-state index contributed by atoms with van der Waals surface area (Å²) in [4.78, 5) is 23.6. The summed E-state index contributed by atoms with van der Waals surface area (Å²) >= 11 is 0. The number of rotatable bonds is 6. The van der Waals surface area contributed by atoms with Gasteiger partial charge in [-0.3, -0.25) is 9.59 Å². The zero-order valence-corrected chi connectivity index (χ0v) is 12.4. The third kappa shape index (κ3) is 9.06. The van der Waals surface area contributed by atoms with Gasteiger partial charge in [0.2, 0.25) is 5.91 Å². The summed E-state index contributed by atoms with van der Waals surface area (Å²) in [6.07, 6.45) is 0.642. The molecule has 1 amide bonds. The lowest BCUT2D eigenvalue weighted by atomic mass is 9.93. The van der Waals surface area contributed by atoms with Crippen molar-refractivity contribution < 1.29 is 14.3 Å². The molecule has 0 aromatic heterocycles. The van der Waals surface area contributed by atoms with Crippen molar-refractivity contribution in [2.45, 2.75) is 53.1 Å². The lowest BCUT2D eigenvalue weighted by Gasteiger charge is -2.22. The fraction of sp³-hybridized carbons (Fsp3) is 0.786. The Hall–Kier alpha value is -1.57. The van der Waals surface area contributed by atoms with Crippen LogP contribution in [0.4, 0.5) is 0 Å². The molecule has 1 atom stereocenters. The van der Waals surface area contributed by atoms with Crippen molar-refractivity contribution >= 4 is 11.9 Å². The molecule has 0 aliphatic carbocycles. The number of carbonyl (C=O) groups excluding carboxylic acids is 2. The van der Waals surface area contributed by atoms with Crippen LogP contribution in [0, 0.1) is 23.2 Å². The first-order valence-electron chi connectivity index (χ1n) is 6.52. The van der Waals surface area contributed by atoms with Gasteiger partial charge in [-0.15, -0.1) is 0 Å². The van der Waals surface area contributed by atoms with E-state index < -0.39 is 11.5 Å². The van der Waals surface area contributed by atoms with Gasteiger partial charge in [-0.05, 0) is 33.1 Å². The average molecular weight is 268 g/mol. The molecule has 0 saturated carbocycles. The SMILES string of the molecule is CC(C)C[C@H](CC(=O)OC(C)(C)C)C(=O)NCC#N. The van der Waals surface area contributed by atoms with E-state index in [1.54, 1.807) is 20.8 Å². The Kier molecular flexibility index (Phi) is 7.13. The molecule has 0 spiro atoms. The molecule has 0 saturated heterocycles. The van der Waals surface area contributed by atoms with E-state index in [0.29, 0.717) is 12.3 Å². The van der Waals surface area contributed by atoms with Crippen LogP contribution in [0.15, 0.2) is 0 Å². The zero-order chi connectivity index (χ0) is 15.1. The van der Waals surface area contributed by atoms with Gasteiger partial charge in [-0.2, -0.15) is 5.26 Å². The molecule has 0 bridgehead atoms. The number of ether oxygens (including phenoxy) is 1. The van der Waals surface area contributed by atoms with Crippen LogP contribution < -0.4 is 5.32 Å². The monoisotopic (exact) mass is 268 g/mol. The van der Waals surface area contributed by atoms with Gasteiger partial charge in [0.25, 0.3) is 0 Å². The number of hydrogen-bond donors (Lipinski definition) is 1. The zero-order valence-electron chi connectivity index (χ0n) is 12.4. The predicted octanol–water partition coefficient (Wildman–Crippen LogP) is 2.02. The highest BCUT2D eigenvalue weighted by Gasteiger charge is 2.25. The Balaban J connectivity index is 4.55. The van der Waals surface area contributed by atoms with Crippen LogP contribution in [-0.4, -0.2) is 24.0 Å². The number of amides is 1. The maximum absolute atomic E-state index is 11.9. The normalized spacial score (nSPS) is 12.7. The van der Waals surface area contributed by atoms with Crippen molar-refractivity contribution in [3.8, 4) is 6.07 Å². The molecule has 0 unspecified atom stereocenters. The minimum absolute atomic E-state index is 0.0399. The number of nitriles is 1. The van der Waals surface area contributed by atoms with E-state index in [2.05, 4.69) is 5.32 Å². The van der Waals surface area contributed by atoms with Crippen LogP contribution in [0.2, 0.25) is 0 Å². The fourth-order valence-electron chi connectivity index (χ4n) is 1.71. The van der Waals surface area contributed by atoms with Crippen LogP contribution in [-0.2, 0) is 14.3 Å². The van der Waals surface area contributed by atoms with Gasteiger partial charge in [0.1, 0.15) is 12.1 Å². The van der Waals surface area contributed by atoms with E-state index in [-0.39, 0.29) is 24.8 Å². The van der Waals surface area contributed by atoms with Gasteiger partial charge in [0.05, 0.1) is 12.5 Å². The molecule has 0 aliphatic heterocycles. The highest BCUT2D eigenvalue weighted by molar-refractivity contribution is 5.83. The Morgan fingerprint density at radius 3 is 2.32 bits per heavy atom. The van der Waals surface area contributed by atoms with E-state index >= 15 is 0 Å². The van der Waals surface area contributed by atoms with E-state index in [0.717, 1.165) is 0 Å². The molecule has 0 aromatic carbocycles. The Morgan fingerprint density at radius 1 is 1.32 bits per heavy atom. The summed E-state index contributed by atoms with van der Waals surface area (Å²) in [7, 11) is 0. The van der Waals surface area contributed by atoms with Crippen molar-refractivity contribution in [1.82, 2.24) is 5.32 Å². The van der Waals surface area contributed by atoms with Gasteiger partial charge in [-0.25, -0.2) is 0 Å². The summed E-state index contributed by atoms with van der Waals surface area (Å²) in [5.41, 5.74) is -0.553. The van der Waals surface area contributed by atoms with E-state index in [1.165, 1.54) is 0 Å². The maximum Gasteiger partial charge on any atom is 0.307 e. The third-order valence-electron chi connectivity index (χ3n) is 2.30. The minimum Gasteiger partial charge on any atom is -0.460 e. The first-order valence-corrected chi connectivity index (χ1v) is 6.52. The molecule has 19 heavy (non-hydrogen) atoms. The van der Waals surface area contributed by atoms with Gasteiger partial charge in [0, 0.05) is 5.92 Å². The van der Waals surface area contributed by atoms with Crippen LogP contribution in [0.25, 0.3) is 0 Å². The minimum atomic E-state index is -0.553. The molecular weight excluding hydrogens is 244 g/mol. The summed E-state index contributed by atoms with van der Waals surface area (Å²) in [6, 6.07) is 1.85. The summed E-state index contributed by atoms with van der Waals surface area (Å²) in [5.74, 6) is -0.796. The van der Waals surface area contributed by atoms with Crippen molar-refractivity contribution in [3.05, 3.63) is 0 Å². The molecule has 5 nitrogen and oxygen atoms in total. The van der Waals surface area contributed by atoms with Crippen LogP contribution in [0.3, 0.4) is 0 Å². The molecule has 5 heteroatoms. The van der Waals surface area contributed by atoms with Gasteiger partial charge < -0.3 is 10.1 Å². The topological polar surface area (TPSA) is 79.2 Å². The number of nitrogens with one attached hydrogen (secondary N) is 1. The number of carbonyl (C=O) groups is 2. The molecule has 0 radical (unpaired) electrons. The smallest absolute Gasteiger partial charge is 0.307 e. The standard InChI is InChI=1S/C14H24N2O3/c1-10(2)8-11(13(18)16-7-6-15)9-12(17)19-14(3,4)5/h10-11H,7-9H2,1-5H3,(H,16,18)/t11-/m1/s1. The Bertz CT molecular complexity index is 351. The quantitative estimate of drug-likeness (QED) is 0.590. The number of esters is 1. The van der Waals surface area contributed by atoms with Crippen LogP contribution >= 0.6 is 0 Å². The highest BCUT2D eigenvalue weighted by Crippen LogP contribution is 2.18. The molecule has 0 aliphatic rings. The molecule has 0 aromatic rings. The average Bonchev–Trinajstić information content (AvgIpc) is 2.21. The van der Waals surface area contributed by atoms with E-state index in [4.69, 9.17) is 10.00 Å². The second-order valence-electron chi connectivity index (χ2n) is 5.99. The largest absolute Gasteiger partial charge is 0.460 e. The van der Waals surface area contributed by atoms with Crippen molar-refractivity contribution in [2.75, 3.05) is 6.54 Å². The maximum atomic E-state index is 11.9. The van der Waals surface area contributed by atoms with Gasteiger partial charge in [0.15, 0.2) is 0 Å². The van der Waals surface area contributed by atoms with Crippen LogP contribution in [0.5, 0.6) is 0 Å². The van der Waals surface area contributed by atoms with Gasteiger partial charge >= 0.3 is 5.97 Å². The van der Waals surface area contributed by atoms with Gasteiger partial charge in [-0.1, -0.05) is 13.8 Å². The molecule has 108 valence electrons. The lowest BCUT2D eigenvalue weighted by molar-refractivity contribution is -0.157. The molecule has 0 heterocycles. The van der Waals surface area contributed by atoms with Crippen molar-refractivity contribution in [1.29, 1.82) is 5.26 Å². The molecule has 1 N–H and O–H groups in total. The second-order valence-corrected chi connectivity index (χ2v) is 5.99. The molecule has 0 fully saturated rings. The summed E-state index contributed by atoms with van der Waals surface area (Å²) in [6.45, 7) is 9.30. The fourth-order valence-corrected chi connectivity index (χ4v) is 1.71. The first kappa shape index (κ1) is 17.4. The van der Waals surface area contributed by atoms with E-state index in [9.17, 15) is 9.59 Å². The van der Waals surface area contributed by atoms with Crippen molar-refractivity contribution in [3.63, 3.8) is 0 Å². The van der Waals surface area contributed by atoms with Crippen molar-refractivity contribution in [2.24, 2.45) is 11.8 Å². The summed E-state index contributed by atoms with van der Waals surface area (Å²) in [5, 5.41) is 11.0. The Labute approximate surface area is 115 Å². The summed E-state index contributed by atoms with van der Waals surface area (Å²) < 4.78 is 5.22. The molecule has 0 rings (SSSR count). The second kappa shape index (κ2) is 7.78. The number of hydrogen-bond acceptors (Lipinski definition) is 4.